The third-order valence-corrected chi connectivity index (χ3v) is 5.00. The SMILES string of the molecule is CC1CN(Cc2ccc(C(=O)N(C)C3CCNC3)cc2)CC(C)O1. The van der Waals surface area contributed by atoms with E-state index in [-0.39, 0.29) is 18.1 Å². The van der Waals surface area contributed by atoms with Gasteiger partial charge in [-0.3, -0.25) is 9.69 Å². The molecule has 2 fully saturated rings. The van der Waals surface area contributed by atoms with Gasteiger partial charge in [-0.05, 0) is 44.5 Å². The van der Waals surface area contributed by atoms with Crippen LogP contribution in [0.15, 0.2) is 24.3 Å². The lowest BCUT2D eigenvalue weighted by Crippen LogP contribution is -2.44. The van der Waals surface area contributed by atoms with E-state index in [4.69, 9.17) is 4.74 Å². The first kappa shape index (κ1) is 17.4. The predicted octanol–water partition coefficient (Wildman–Crippen LogP) is 1.73. The largest absolute Gasteiger partial charge is 0.373 e. The van der Waals surface area contributed by atoms with E-state index < -0.39 is 0 Å². The number of benzene rings is 1. The normalized spacial score (nSPS) is 28.0. The summed E-state index contributed by atoms with van der Waals surface area (Å²) < 4.78 is 5.78. The summed E-state index contributed by atoms with van der Waals surface area (Å²) in [6.45, 7) is 8.97. The fraction of sp³-hybridized carbons (Fsp3) is 0.632. The molecule has 0 radical (unpaired) electrons. The summed E-state index contributed by atoms with van der Waals surface area (Å²) in [6, 6.07) is 8.40. The summed E-state index contributed by atoms with van der Waals surface area (Å²) in [5, 5.41) is 3.31. The lowest BCUT2D eigenvalue weighted by molar-refractivity contribution is -0.0704. The van der Waals surface area contributed by atoms with Crippen molar-refractivity contribution in [3.8, 4) is 0 Å². The fourth-order valence-corrected chi connectivity index (χ4v) is 3.76. The third-order valence-electron chi connectivity index (χ3n) is 5.00. The van der Waals surface area contributed by atoms with Crippen molar-refractivity contribution in [2.45, 2.75) is 45.1 Å². The Kier molecular flexibility index (Phi) is 5.54. The second kappa shape index (κ2) is 7.64. The van der Waals surface area contributed by atoms with Crippen LogP contribution in [0.4, 0.5) is 0 Å². The quantitative estimate of drug-likeness (QED) is 0.913. The van der Waals surface area contributed by atoms with Gasteiger partial charge < -0.3 is 15.0 Å². The van der Waals surface area contributed by atoms with Gasteiger partial charge in [-0.25, -0.2) is 0 Å². The second-order valence-electron chi connectivity index (χ2n) is 7.21. The third kappa shape index (κ3) is 4.15. The van der Waals surface area contributed by atoms with E-state index in [0.29, 0.717) is 6.04 Å². The molecular weight excluding hydrogens is 302 g/mol. The molecule has 5 nitrogen and oxygen atoms in total. The van der Waals surface area contributed by atoms with E-state index in [1.165, 1.54) is 5.56 Å². The van der Waals surface area contributed by atoms with Crippen molar-refractivity contribution in [2.75, 3.05) is 33.2 Å². The highest BCUT2D eigenvalue weighted by Crippen LogP contribution is 2.16. The van der Waals surface area contributed by atoms with Crippen LogP contribution < -0.4 is 5.32 Å². The van der Waals surface area contributed by atoms with Crippen LogP contribution in [0.25, 0.3) is 0 Å². The van der Waals surface area contributed by atoms with Crippen molar-refractivity contribution in [3.63, 3.8) is 0 Å². The van der Waals surface area contributed by atoms with Crippen molar-refractivity contribution in [1.82, 2.24) is 15.1 Å². The lowest BCUT2D eigenvalue weighted by Gasteiger charge is -2.35. The van der Waals surface area contributed by atoms with Gasteiger partial charge in [0.15, 0.2) is 0 Å². The van der Waals surface area contributed by atoms with E-state index in [1.807, 2.05) is 24.1 Å². The number of carbonyl (C=O) groups is 1. The predicted molar refractivity (Wildman–Crippen MR) is 95.1 cm³/mol. The summed E-state index contributed by atoms with van der Waals surface area (Å²) in [5.74, 6) is 0.115. The van der Waals surface area contributed by atoms with Crippen LogP contribution >= 0.6 is 0 Å². The summed E-state index contributed by atoms with van der Waals surface area (Å²) in [4.78, 5) is 16.9. The molecule has 1 N–H and O–H groups in total. The summed E-state index contributed by atoms with van der Waals surface area (Å²) in [5.41, 5.74) is 2.02. The maximum absolute atomic E-state index is 12.6. The molecule has 0 saturated carbocycles. The van der Waals surface area contributed by atoms with Gasteiger partial charge in [-0.15, -0.1) is 0 Å². The summed E-state index contributed by atoms with van der Waals surface area (Å²) in [6.07, 6.45) is 1.60. The summed E-state index contributed by atoms with van der Waals surface area (Å²) >= 11 is 0. The zero-order chi connectivity index (χ0) is 17.1. The molecule has 0 bridgehead atoms. The van der Waals surface area contributed by atoms with Crippen LogP contribution in [0.3, 0.4) is 0 Å². The van der Waals surface area contributed by atoms with Crippen molar-refractivity contribution in [3.05, 3.63) is 35.4 Å². The van der Waals surface area contributed by atoms with Crippen molar-refractivity contribution in [2.24, 2.45) is 0 Å². The Morgan fingerprint density at radius 1 is 1.25 bits per heavy atom. The Morgan fingerprint density at radius 3 is 2.50 bits per heavy atom. The smallest absolute Gasteiger partial charge is 0.253 e. The molecule has 0 aromatic heterocycles. The van der Waals surface area contributed by atoms with Crippen LogP contribution in [-0.4, -0.2) is 67.2 Å². The molecule has 0 spiro atoms. The van der Waals surface area contributed by atoms with Gasteiger partial charge >= 0.3 is 0 Å². The number of nitrogens with one attached hydrogen (secondary N) is 1. The number of likely N-dealkylation sites (N-methyl/N-ethyl adjacent to an activating group) is 1. The molecule has 2 heterocycles. The molecule has 2 saturated heterocycles. The van der Waals surface area contributed by atoms with Crippen LogP contribution in [0.2, 0.25) is 0 Å². The lowest BCUT2D eigenvalue weighted by atomic mass is 10.1. The Labute approximate surface area is 145 Å². The van der Waals surface area contributed by atoms with Crippen molar-refractivity contribution in [1.29, 1.82) is 0 Å². The fourth-order valence-electron chi connectivity index (χ4n) is 3.76. The average molecular weight is 331 g/mol. The number of hydrogen-bond acceptors (Lipinski definition) is 4. The van der Waals surface area contributed by atoms with E-state index in [9.17, 15) is 4.79 Å². The van der Waals surface area contributed by atoms with E-state index in [0.717, 1.165) is 44.7 Å². The number of carbonyl (C=O) groups excluding carboxylic acids is 1. The van der Waals surface area contributed by atoms with Gasteiger partial charge in [0.1, 0.15) is 0 Å². The first-order chi connectivity index (χ1) is 11.5. The molecule has 5 heteroatoms. The highest BCUT2D eigenvalue weighted by atomic mass is 16.5. The number of amides is 1. The zero-order valence-corrected chi connectivity index (χ0v) is 15.0. The molecule has 2 aliphatic heterocycles. The Hall–Kier alpha value is -1.43. The minimum Gasteiger partial charge on any atom is -0.373 e. The van der Waals surface area contributed by atoms with Crippen LogP contribution in [-0.2, 0) is 11.3 Å². The van der Waals surface area contributed by atoms with Crippen molar-refractivity contribution >= 4 is 5.91 Å². The molecule has 2 aliphatic rings. The first-order valence-electron chi connectivity index (χ1n) is 8.97. The van der Waals surface area contributed by atoms with Gasteiger partial charge in [0.25, 0.3) is 5.91 Å². The Morgan fingerprint density at radius 2 is 1.92 bits per heavy atom. The molecule has 1 amide bonds. The van der Waals surface area contributed by atoms with Crippen LogP contribution in [0.5, 0.6) is 0 Å². The number of rotatable bonds is 4. The molecule has 0 aliphatic carbocycles. The maximum atomic E-state index is 12.6. The molecule has 1 aromatic carbocycles. The Bertz CT molecular complexity index is 544. The molecule has 3 unspecified atom stereocenters. The Balaban J connectivity index is 1.59. The van der Waals surface area contributed by atoms with E-state index >= 15 is 0 Å². The highest BCUT2D eigenvalue weighted by molar-refractivity contribution is 5.94. The van der Waals surface area contributed by atoms with Crippen LogP contribution in [0.1, 0.15) is 36.2 Å². The van der Waals surface area contributed by atoms with Crippen molar-refractivity contribution < 1.29 is 9.53 Å². The second-order valence-corrected chi connectivity index (χ2v) is 7.21. The molecule has 132 valence electrons. The van der Waals surface area contributed by atoms with Gasteiger partial charge in [0.05, 0.1) is 12.2 Å². The van der Waals surface area contributed by atoms with Gasteiger partial charge in [-0.1, -0.05) is 12.1 Å². The van der Waals surface area contributed by atoms with Gasteiger partial charge in [0, 0.05) is 44.8 Å². The number of ether oxygens (including phenoxy) is 1. The van der Waals surface area contributed by atoms with E-state index in [1.54, 1.807) is 0 Å². The number of hydrogen-bond donors (Lipinski definition) is 1. The molecule has 3 rings (SSSR count). The van der Waals surface area contributed by atoms with Gasteiger partial charge in [0.2, 0.25) is 0 Å². The standard InChI is InChI=1S/C19H29N3O2/c1-14-11-22(12-15(2)24-14)13-16-4-6-17(7-5-16)19(23)21(3)18-8-9-20-10-18/h4-7,14-15,18,20H,8-13H2,1-3H3. The van der Waals surface area contributed by atoms with Crippen LogP contribution in [0, 0.1) is 0 Å². The summed E-state index contributed by atoms with van der Waals surface area (Å²) in [7, 11) is 1.91. The molecular formula is C19H29N3O2. The number of morpholine rings is 1. The minimum atomic E-state index is 0.115. The molecule has 1 aromatic rings. The number of nitrogens with zero attached hydrogens (tertiary/aromatic N) is 2. The minimum absolute atomic E-state index is 0.115. The van der Waals surface area contributed by atoms with Gasteiger partial charge in [-0.2, -0.15) is 0 Å². The van der Waals surface area contributed by atoms with E-state index in [2.05, 4.69) is 36.2 Å². The monoisotopic (exact) mass is 331 g/mol. The topological polar surface area (TPSA) is 44.8 Å². The molecule has 24 heavy (non-hydrogen) atoms. The first-order valence-corrected chi connectivity index (χ1v) is 8.97. The molecule has 3 atom stereocenters. The average Bonchev–Trinajstić information content (AvgIpc) is 3.07. The highest BCUT2D eigenvalue weighted by Gasteiger charge is 2.24. The maximum Gasteiger partial charge on any atom is 0.253 e. The zero-order valence-electron chi connectivity index (χ0n) is 15.0.